The summed E-state index contributed by atoms with van der Waals surface area (Å²) >= 11 is 0.922. The highest BCUT2D eigenvalue weighted by molar-refractivity contribution is 7.19. The lowest BCUT2D eigenvalue weighted by Gasteiger charge is -2.08. The molecule has 0 spiro atoms. The van der Waals surface area contributed by atoms with Crippen molar-refractivity contribution in [2.45, 2.75) is 6.18 Å². The van der Waals surface area contributed by atoms with Crippen LogP contribution in [0.3, 0.4) is 0 Å². The summed E-state index contributed by atoms with van der Waals surface area (Å²) in [5.74, 6) is -0.706. The molecule has 2 rings (SSSR count). The molecule has 2 aromatic rings. The van der Waals surface area contributed by atoms with Crippen molar-refractivity contribution < 1.29 is 18.0 Å². The van der Waals surface area contributed by atoms with Crippen molar-refractivity contribution in [1.29, 1.82) is 0 Å². The number of benzene rings is 1. The number of amides is 1. The lowest BCUT2D eigenvalue weighted by Crippen LogP contribution is -2.13. The molecule has 1 amide bonds. The van der Waals surface area contributed by atoms with Crippen molar-refractivity contribution in [2.75, 3.05) is 11.1 Å². The highest BCUT2D eigenvalue weighted by Crippen LogP contribution is 2.29. The molecule has 0 radical (unpaired) electrons. The van der Waals surface area contributed by atoms with Crippen molar-refractivity contribution in [3.63, 3.8) is 0 Å². The second-order valence-electron chi connectivity index (χ2n) is 3.48. The van der Waals surface area contributed by atoms with E-state index in [9.17, 15) is 18.0 Å². The predicted molar refractivity (Wildman–Crippen MR) is 63.7 cm³/mol. The molecular formula is C10H7F3N4OS. The van der Waals surface area contributed by atoms with Gasteiger partial charge in [-0.2, -0.15) is 13.2 Å². The zero-order valence-electron chi connectivity index (χ0n) is 9.23. The average Bonchev–Trinajstić information content (AvgIpc) is 2.74. The predicted octanol–water partition coefficient (Wildman–Crippen LogP) is 2.39. The first-order valence-electron chi connectivity index (χ1n) is 4.94. The maximum absolute atomic E-state index is 12.5. The van der Waals surface area contributed by atoms with Crippen LogP contribution in [0, 0.1) is 0 Å². The number of halogens is 3. The van der Waals surface area contributed by atoms with Crippen LogP contribution in [0.1, 0.15) is 15.9 Å². The maximum Gasteiger partial charge on any atom is 0.416 e. The fraction of sp³-hybridized carbons (Fsp3) is 0.100. The van der Waals surface area contributed by atoms with Crippen LogP contribution in [0.5, 0.6) is 0 Å². The van der Waals surface area contributed by atoms with Gasteiger partial charge in [0.25, 0.3) is 5.91 Å². The molecule has 1 heterocycles. The number of nitrogen functional groups attached to an aromatic ring is 1. The lowest BCUT2D eigenvalue weighted by molar-refractivity contribution is -0.137. The molecule has 0 aliphatic carbocycles. The summed E-state index contributed by atoms with van der Waals surface area (Å²) in [6.07, 6.45) is -4.50. The van der Waals surface area contributed by atoms with Crippen molar-refractivity contribution in [2.24, 2.45) is 0 Å². The molecule has 0 aliphatic heterocycles. The summed E-state index contributed by atoms with van der Waals surface area (Å²) in [5.41, 5.74) is 4.31. The number of hydrogen-bond acceptors (Lipinski definition) is 5. The molecule has 1 aromatic carbocycles. The highest BCUT2D eigenvalue weighted by atomic mass is 32.1. The number of nitrogens with zero attached hydrogens (tertiary/aromatic N) is 2. The minimum Gasteiger partial charge on any atom is -0.374 e. The minimum atomic E-state index is -4.50. The number of alkyl halides is 3. The zero-order valence-corrected chi connectivity index (χ0v) is 10.0. The van der Waals surface area contributed by atoms with E-state index in [1.54, 1.807) is 0 Å². The Kier molecular flexibility index (Phi) is 3.38. The quantitative estimate of drug-likeness (QED) is 0.889. The molecule has 0 saturated carbocycles. The molecule has 0 bridgehead atoms. The lowest BCUT2D eigenvalue weighted by atomic mass is 10.1. The van der Waals surface area contributed by atoms with Gasteiger partial charge < -0.3 is 5.73 Å². The van der Waals surface area contributed by atoms with E-state index >= 15 is 0 Å². The van der Waals surface area contributed by atoms with Gasteiger partial charge in [-0.05, 0) is 18.2 Å². The molecular weight excluding hydrogens is 281 g/mol. The first kappa shape index (κ1) is 13.3. The second kappa shape index (κ2) is 4.84. The average molecular weight is 288 g/mol. The number of anilines is 2. The number of aromatic nitrogens is 2. The summed E-state index contributed by atoms with van der Waals surface area (Å²) in [5, 5.41) is 9.61. The summed E-state index contributed by atoms with van der Waals surface area (Å²) in [6, 6.07) is 4.08. The molecule has 0 unspecified atom stereocenters. The van der Waals surface area contributed by atoms with Crippen LogP contribution in [0.4, 0.5) is 23.4 Å². The van der Waals surface area contributed by atoms with Gasteiger partial charge in [0.1, 0.15) is 0 Å². The van der Waals surface area contributed by atoms with Gasteiger partial charge >= 0.3 is 6.18 Å². The Morgan fingerprint density at radius 2 is 2.05 bits per heavy atom. The zero-order chi connectivity index (χ0) is 14.0. The van der Waals surface area contributed by atoms with E-state index in [0.717, 1.165) is 29.5 Å². The van der Waals surface area contributed by atoms with Gasteiger partial charge in [0.15, 0.2) is 0 Å². The fourth-order valence-electron chi connectivity index (χ4n) is 1.29. The third kappa shape index (κ3) is 3.19. The SMILES string of the molecule is Nc1nnc(NC(=O)c2cccc(C(F)(F)F)c2)s1. The van der Waals surface area contributed by atoms with Crippen LogP contribution in [0.15, 0.2) is 24.3 Å². The Balaban J connectivity index is 2.20. The third-order valence-electron chi connectivity index (χ3n) is 2.11. The van der Waals surface area contributed by atoms with E-state index < -0.39 is 17.6 Å². The molecule has 5 nitrogen and oxygen atoms in total. The van der Waals surface area contributed by atoms with E-state index in [2.05, 4.69) is 15.5 Å². The Hall–Kier alpha value is -2.16. The first-order valence-corrected chi connectivity index (χ1v) is 5.75. The maximum atomic E-state index is 12.5. The number of hydrogen-bond donors (Lipinski definition) is 2. The molecule has 0 aliphatic rings. The Morgan fingerprint density at radius 3 is 2.63 bits per heavy atom. The van der Waals surface area contributed by atoms with E-state index in [1.165, 1.54) is 6.07 Å². The van der Waals surface area contributed by atoms with Crippen LogP contribution < -0.4 is 11.1 Å². The smallest absolute Gasteiger partial charge is 0.374 e. The Bertz CT molecular complexity index is 611. The molecule has 0 fully saturated rings. The third-order valence-corrected chi connectivity index (χ3v) is 2.78. The second-order valence-corrected chi connectivity index (χ2v) is 4.49. The molecule has 1 aromatic heterocycles. The molecule has 9 heteroatoms. The van der Waals surface area contributed by atoms with E-state index in [0.29, 0.717) is 0 Å². The van der Waals surface area contributed by atoms with Gasteiger partial charge in [0.05, 0.1) is 5.56 Å². The monoisotopic (exact) mass is 288 g/mol. The van der Waals surface area contributed by atoms with Crippen LogP contribution in [-0.4, -0.2) is 16.1 Å². The number of carbonyl (C=O) groups excluding carboxylic acids is 1. The van der Waals surface area contributed by atoms with Gasteiger partial charge in [-0.15, -0.1) is 10.2 Å². The van der Waals surface area contributed by atoms with Gasteiger partial charge in [-0.3, -0.25) is 10.1 Å². The Labute approximate surface area is 109 Å². The minimum absolute atomic E-state index is 0.122. The van der Waals surface area contributed by atoms with Crippen LogP contribution in [-0.2, 0) is 6.18 Å². The summed E-state index contributed by atoms with van der Waals surface area (Å²) < 4.78 is 37.5. The Morgan fingerprint density at radius 1 is 1.32 bits per heavy atom. The van der Waals surface area contributed by atoms with Gasteiger partial charge in [0.2, 0.25) is 10.3 Å². The van der Waals surface area contributed by atoms with Crippen molar-refractivity contribution in [1.82, 2.24) is 10.2 Å². The largest absolute Gasteiger partial charge is 0.416 e. The fourth-order valence-corrected chi connectivity index (χ4v) is 1.80. The number of nitrogens with one attached hydrogen (secondary N) is 1. The van der Waals surface area contributed by atoms with Gasteiger partial charge in [-0.25, -0.2) is 0 Å². The van der Waals surface area contributed by atoms with Crippen molar-refractivity contribution >= 4 is 27.5 Å². The molecule has 100 valence electrons. The number of rotatable bonds is 2. The van der Waals surface area contributed by atoms with E-state index in [-0.39, 0.29) is 15.8 Å². The summed E-state index contributed by atoms with van der Waals surface area (Å²) in [7, 11) is 0. The van der Waals surface area contributed by atoms with Crippen molar-refractivity contribution in [3.8, 4) is 0 Å². The molecule has 19 heavy (non-hydrogen) atoms. The van der Waals surface area contributed by atoms with Crippen molar-refractivity contribution in [3.05, 3.63) is 35.4 Å². The number of nitrogens with two attached hydrogens (primary N) is 1. The normalized spacial score (nSPS) is 11.3. The molecule has 0 saturated heterocycles. The van der Waals surface area contributed by atoms with Crippen LogP contribution in [0.25, 0.3) is 0 Å². The van der Waals surface area contributed by atoms with Crippen LogP contribution in [0.2, 0.25) is 0 Å². The molecule has 3 N–H and O–H groups in total. The highest BCUT2D eigenvalue weighted by Gasteiger charge is 2.30. The van der Waals surface area contributed by atoms with E-state index in [4.69, 9.17) is 5.73 Å². The standard InChI is InChI=1S/C10H7F3N4OS/c11-10(12,13)6-3-1-2-5(4-6)7(18)15-9-17-16-8(14)19-9/h1-4H,(H2,14,16)(H,15,17,18). The topological polar surface area (TPSA) is 80.9 Å². The van der Waals surface area contributed by atoms with Gasteiger partial charge in [-0.1, -0.05) is 17.4 Å². The molecule has 0 atom stereocenters. The first-order chi connectivity index (χ1) is 8.86. The van der Waals surface area contributed by atoms with Gasteiger partial charge in [0, 0.05) is 5.56 Å². The van der Waals surface area contributed by atoms with E-state index in [1.807, 2.05) is 0 Å². The summed E-state index contributed by atoms with van der Waals surface area (Å²) in [4.78, 5) is 11.7. The summed E-state index contributed by atoms with van der Waals surface area (Å²) in [6.45, 7) is 0. The van der Waals surface area contributed by atoms with Crippen LogP contribution >= 0.6 is 11.3 Å². The number of carbonyl (C=O) groups is 1.